The Labute approximate surface area is 670 Å². The summed E-state index contributed by atoms with van der Waals surface area (Å²) in [5.74, 6) is 0.573. The van der Waals surface area contributed by atoms with E-state index in [9.17, 15) is 0 Å². The van der Waals surface area contributed by atoms with E-state index in [1.165, 1.54) is 142 Å². The first-order chi connectivity index (χ1) is 53.2. The van der Waals surface area contributed by atoms with E-state index in [2.05, 4.69) is 109 Å². The number of nitrogens with one attached hydrogen (secondary N) is 7. The Kier molecular flexibility index (Phi) is 98.7. The largest absolute Gasteiger partial charge is 0.388 e. The molecule has 35 N–H and O–H groups in total. The molecule has 0 aromatic carbocycles. The Hall–Kier alpha value is -2.91. The molecule has 0 saturated heterocycles. The van der Waals surface area contributed by atoms with Gasteiger partial charge in [0.1, 0.15) is 0 Å². The highest BCUT2D eigenvalue weighted by Gasteiger charge is 2.16. The minimum atomic E-state index is 0.120. The van der Waals surface area contributed by atoms with Gasteiger partial charge in [-0.05, 0) is 110 Å². The van der Waals surface area contributed by atoms with E-state index in [4.69, 9.17) is 85.7 Å². The van der Waals surface area contributed by atoms with Crippen molar-refractivity contribution in [2.45, 2.75) is 182 Å². The van der Waals surface area contributed by atoms with Crippen molar-refractivity contribution in [2.24, 2.45) is 90.3 Å². The van der Waals surface area contributed by atoms with E-state index in [-0.39, 0.29) is 17.8 Å². The molecule has 0 saturated carbocycles. The van der Waals surface area contributed by atoms with Crippen LogP contribution >= 0.6 is 0 Å². The van der Waals surface area contributed by atoms with Crippen molar-refractivity contribution in [2.75, 3.05) is 308 Å². The highest BCUT2D eigenvalue weighted by molar-refractivity contribution is 5.76. The SMILES string of the molecule is CCCCCCCCCCCCCCCN=C(N)N.CCCNCCCCCNCCCCCN.CCCNCCN(CCN)CCN(CCNCCN)CCN(CCN)CCN(CCN)CCN.CCCNCCN(CCN)CCN(CCNCCN)CCN(CCN=C(N)N)CCN(CCN)CCCC(=N)N. The van der Waals surface area contributed by atoms with E-state index < -0.39 is 0 Å². The maximum absolute atomic E-state index is 7.49. The second-order valence-electron chi connectivity index (χ2n) is 28.9. The molecule has 0 aliphatic heterocycles. The van der Waals surface area contributed by atoms with Crippen molar-refractivity contribution in [1.82, 2.24) is 71.1 Å². The summed E-state index contributed by atoms with van der Waals surface area (Å²) in [6.45, 7) is 51.3. The molecule has 0 spiro atoms. The molecule has 0 amide bonds. The molecule has 656 valence electrons. The van der Waals surface area contributed by atoms with Crippen LogP contribution in [0.2, 0.25) is 0 Å². The smallest absolute Gasteiger partial charge is 0.185 e. The molecule has 0 bridgehead atoms. The maximum Gasteiger partial charge on any atom is 0.185 e. The second kappa shape index (κ2) is 95.7. The molecule has 0 radical (unpaired) electrons. The fourth-order valence-corrected chi connectivity index (χ4v) is 12.3. The Balaban J connectivity index is -0.000000717. The predicted molar refractivity (Wildman–Crippen MR) is 477 cm³/mol. The molecule has 0 aliphatic carbocycles. The van der Waals surface area contributed by atoms with Gasteiger partial charge in [-0.1, -0.05) is 118 Å². The lowest BCUT2D eigenvalue weighted by Gasteiger charge is -2.31. The second-order valence-corrected chi connectivity index (χ2v) is 28.9. The average Bonchev–Trinajstić information content (AvgIpc) is 0.947. The first-order valence-electron chi connectivity index (χ1n) is 44.0. The van der Waals surface area contributed by atoms with E-state index >= 15 is 0 Å². The number of hydrogen-bond acceptors (Lipinski definition) is 26. The van der Waals surface area contributed by atoms with Crippen molar-refractivity contribution >= 4 is 17.8 Å². The fourth-order valence-electron chi connectivity index (χ4n) is 12.3. The molecule has 109 heavy (non-hydrogen) atoms. The topological polar surface area (TPSA) is 511 Å². The highest BCUT2D eigenvalue weighted by atomic mass is 15.3. The highest BCUT2D eigenvalue weighted by Crippen LogP contribution is 2.13. The zero-order valence-electron chi connectivity index (χ0n) is 71.8. The normalized spacial score (nSPS) is 11.6. The molecule has 0 fully saturated rings. The summed E-state index contributed by atoms with van der Waals surface area (Å²) in [4.78, 5) is 27.8. The van der Waals surface area contributed by atoms with Gasteiger partial charge in [-0.3, -0.25) is 49.7 Å². The van der Waals surface area contributed by atoms with Crippen LogP contribution in [-0.4, -0.2) is 365 Å². The van der Waals surface area contributed by atoms with Crippen molar-refractivity contribution in [3.05, 3.63) is 0 Å². The van der Waals surface area contributed by atoms with Crippen LogP contribution in [0.3, 0.4) is 0 Å². The Bertz CT molecular complexity index is 1760. The van der Waals surface area contributed by atoms with E-state index in [1.54, 1.807) is 0 Å². The van der Waals surface area contributed by atoms with Gasteiger partial charge in [0.05, 0.1) is 12.4 Å². The lowest BCUT2D eigenvalue weighted by Crippen LogP contribution is -2.46. The van der Waals surface area contributed by atoms with Crippen LogP contribution in [0.5, 0.6) is 0 Å². The summed E-state index contributed by atoms with van der Waals surface area (Å²) in [7, 11) is 0. The van der Waals surface area contributed by atoms with E-state index in [0.29, 0.717) is 65.3 Å². The summed E-state index contributed by atoms with van der Waals surface area (Å²) < 4.78 is 0. The van der Waals surface area contributed by atoms with Crippen LogP contribution in [-0.2, 0) is 0 Å². The first kappa shape index (κ1) is 112. The lowest BCUT2D eigenvalue weighted by molar-refractivity contribution is 0.164. The minimum Gasteiger partial charge on any atom is -0.388 e. The third kappa shape index (κ3) is 92.2. The third-order valence-electron chi connectivity index (χ3n) is 18.9. The zero-order chi connectivity index (χ0) is 81.2. The molecule has 0 aromatic rings. The molecule has 0 aliphatic rings. The van der Waals surface area contributed by atoms with Crippen molar-refractivity contribution < 1.29 is 0 Å². The zero-order valence-corrected chi connectivity index (χ0v) is 71.8. The first-order valence-corrected chi connectivity index (χ1v) is 44.0. The monoisotopic (exact) mass is 1560 g/mol. The number of rotatable bonds is 84. The molecule has 31 heteroatoms. The van der Waals surface area contributed by atoms with Gasteiger partial charge in [0.15, 0.2) is 11.9 Å². The number of unbranched alkanes of at least 4 members (excludes halogenated alkanes) is 16. The lowest BCUT2D eigenvalue weighted by atomic mass is 10.0. The van der Waals surface area contributed by atoms with Gasteiger partial charge in [-0.2, -0.15) is 0 Å². The fraction of sp³-hybridized carbons (Fsp3) is 0.962. The summed E-state index contributed by atoms with van der Waals surface area (Å²) in [5, 5.41) is 28.3. The van der Waals surface area contributed by atoms with Gasteiger partial charge >= 0.3 is 0 Å². The number of guanidine groups is 2. The van der Waals surface area contributed by atoms with E-state index in [0.717, 1.165) is 255 Å². The van der Waals surface area contributed by atoms with Crippen LogP contribution in [0.4, 0.5) is 0 Å². The van der Waals surface area contributed by atoms with Gasteiger partial charge in [-0.15, -0.1) is 0 Å². The standard InChI is InChI=1S/C26H64N14.C23H59N11.C16H35N3.C13H31N3/c1-2-8-34-10-16-38(15-7-29)20-22-39(17-11-35-9-5-27)23-24-40(18-12-36-26(32)33)21-19-37(14-6-28)13-3-4-25(30)31;1-2-8-29-10-16-32(14-6-27)19-22-34(17-11-30-9-3-24)23-21-33(15-7-28)20-18-31(12-4-25)13-5-26;1-2-3-4-5-6-7-8-9-10-11-12-13-14-15-19-16(17)18;1-2-10-15-11-7-4-8-13-16-12-6-3-5-9-14/h34-35H,2-24,27-29H2,1H3,(H3,30,31)(H4,32,33,36);29-30H,2-28H2,1H3;2-15H2,1H3,(H4,17,18,19);15-16H,2-14H2,1H3. The number of nitrogens with two attached hydrogens (primary N) is 14. The number of hydrogen-bond donors (Lipinski definition) is 21. The van der Waals surface area contributed by atoms with E-state index in [1.807, 2.05) is 0 Å². The number of aliphatic imine (C=N–C) groups is 2. The molecular formula is C78H189N31. The Morgan fingerprint density at radius 3 is 0.789 bits per heavy atom. The third-order valence-corrected chi connectivity index (χ3v) is 18.9. The molecule has 0 aromatic heterocycles. The van der Waals surface area contributed by atoms with Crippen molar-refractivity contribution in [3.63, 3.8) is 0 Å². The molecule has 0 rings (SSSR count). The van der Waals surface area contributed by atoms with Crippen molar-refractivity contribution in [3.8, 4) is 0 Å². The van der Waals surface area contributed by atoms with Crippen LogP contribution in [0, 0.1) is 5.41 Å². The minimum absolute atomic E-state index is 0.120. The summed E-state index contributed by atoms with van der Waals surface area (Å²) in [6.07, 6.45) is 30.6. The van der Waals surface area contributed by atoms with Gasteiger partial charge in [0.2, 0.25) is 0 Å². The van der Waals surface area contributed by atoms with Crippen molar-refractivity contribution in [1.29, 1.82) is 5.41 Å². The summed E-state index contributed by atoms with van der Waals surface area (Å²) in [5.41, 5.74) is 79.1. The quantitative estimate of drug-likeness (QED) is 0.0206. The summed E-state index contributed by atoms with van der Waals surface area (Å²) in [6, 6.07) is 0. The Morgan fingerprint density at radius 2 is 0.477 bits per heavy atom. The average molecular weight is 1560 g/mol. The molecule has 0 heterocycles. The number of amidine groups is 1. The van der Waals surface area contributed by atoms with Crippen LogP contribution < -0.4 is 112 Å². The predicted octanol–water partition coefficient (Wildman–Crippen LogP) is -0.548. The molecule has 31 nitrogen and oxygen atoms in total. The van der Waals surface area contributed by atoms with Crippen LogP contribution in [0.1, 0.15) is 182 Å². The number of nitrogens with zero attached hydrogens (tertiary/aromatic N) is 10. The molecule has 0 atom stereocenters. The van der Waals surface area contributed by atoms with Crippen LogP contribution in [0.25, 0.3) is 0 Å². The van der Waals surface area contributed by atoms with Gasteiger partial charge in [0, 0.05) is 255 Å². The molecule has 0 unspecified atom stereocenters. The van der Waals surface area contributed by atoms with Crippen LogP contribution in [0.15, 0.2) is 9.98 Å². The Morgan fingerprint density at radius 1 is 0.220 bits per heavy atom. The summed E-state index contributed by atoms with van der Waals surface area (Å²) >= 11 is 0. The van der Waals surface area contributed by atoms with Gasteiger partial charge in [0.25, 0.3) is 0 Å². The molecular weight excluding hydrogens is 1370 g/mol. The maximum atomic E-state index is 7.49. The van der Waals surface area contributed by atoms with Gasteiger partial charge < -0.3 is 117 Å². The van der Waals surface area contributed by atoms with Gasteiger partial charge in [-0.25, -0.2) is 0 Å².